The van der Waals surface area contributed by atoms with Crippen LogP contribution in [-0.2, 0) is 0 Å². The van der Waals surface area contributed by atoms with Crippen LogP contribution < -0.4 is 5.32 Å². The van der Waals surface area contributed by atoms with Gasteiger partial charge in [-0.3, -0.25) is 0 Å². The molecule has 3 rings (SSSR count). The molecule has 0 unspecified atom stereocenters. The highest BCUT2D eigenvalue weighted by Crippen LogP contribution is 2.25. The lowest BCUT2D eigenvalue weighted by atomic mass is 10.2. The van der Waals surface area contributed by atoms with Gasteiger partial charge >= 0.3 is 0 Å². The average Bonchev–Trinajstić information content (AvgIpc) is 2.98. The molecule has 0 bridgehead atoms. The van der Waals surface area contributed by atoms with Crippen LogP contribution in [0.2, 0.25) is 0 Å². The molecule has 2 heterocycles. The highest BCUT2D eigenvalue weighted by atomic mass is 79.9. The quantitative estimate of drug-likeness (QED) is 0.886. The van der Waals surface area contributed by atoms with Crippen molar-refractivity contribution in [2.45, 2.75) is 18.6 Å². The monoisotopic (exact) mass is 309 g/mol. The summed E-state index contributed by atoms with van der Waals surface area (Å²) in [6, 6.07) is 7.67. The van der Waals surface area contributed by atoms with Crippen LogP contribution in [0, 0.1) is 0 Å². The van der Waals surface area contributed by atoms with E-state index in [4.69, 9.17) is 4.52 Å². The molecule has 94 valence electrons. The number of halogens is 1. The normalized spacial score (nSPS) is 23.4. The van der Waals surface area contributed by atoms with Crippen molar-refractivity contribution in [3.8, 4) is 11.4 Å². The highest BCUT2D eigenvalue weighted by molar-refractivity contribution is 9.10. The second-order valence-corrected chi connectivity index (χ2v) is 5.23. The van der Waals surface area contributed by atoms with Crippen LogP contribution in [-0.4, -0.2) is 27.9 Å². The number of hydrogen-bond donors (Lipinski definition) is 2. The molecule has 1 aromatic carbocycles. The zero-order valence-electron chi connectivity index (χ0n) is 9.51. The molecule has 1 aliphatic rings. The van der Waals surface area contributed by atoms with Gasteiger partial charge in [-0.2, -0.15) is 4.98 Å². The predicted molar refractivity (Wildman–Crippen MR) is 68.8 cm³/mol. The maximum absolute atomic E-state index is 9.46. The fourth-order valence-electron chi connectivity index (χ4n) is 2.00. The third kappa shape index (κ3) is 2.31. The predicted octanol–water partition coefficient (Wildman–Crippen LogP) is 1.89. The van der Waals surface area contributed by atoms with Crippen molar-refractivity contribution in [2.24, 2.45) is 0 Å². The van der Waals surface area contributed by atoms with Gasteiger partial charge in [0.25, 0.3) is 0 Å². The van der Waals surface area contributed by atoms with Crippen LogP contribution in [0.3, 0.4) is 0 Å². The molecule has 1 aliphatic heterocycles. The largest absolute Gasteiger partial charge is 0.392 e. The lowest BCUT2D eigenvalue weighted by molar-refractivity contribution is 0.191. The molecule has 0 amide bonds. The second-order valence-electron chi connectivity index (χ2n) is 4.31. The minimum Gasteiger partial charge on any atom is -0.392 e. The summed E-state index contributed by atoms with van der Waals surface area (Å²) in [7, 11) is 0. The summed E-state index contributed by atoms with van der Waals surface area (Å²) in [5.74, 6) is 1.10. The Bertz CT molecular complexity index is 541. The van der Waals surface area contributed by atoms with E-state index in [0.29, 0.717) is 24.7 Å². The molecular formula is C12H12BrN3O2. The van der Waals surface area contributed by atoms with E-state index in [9.17, 15) is 5.11 Å². The van der Waals surface area contributed by atoms with Crippen molar-refractivity contribution < 1.29 is 9.63 Å². The summed E-state index contributed by atoms with van der Waals surface area (Å²) in [6.45, 7) is 0.570. The standard InChI is InChI=1S/C12H12BrN3O2/c13-8-3-1-7(2-4-8)11-15-12(18-16-11)10-5-9(17)6-14-10/h1-4,9-10,14,17H,5-6H2/t9-,10+/m1/s1. The maximum atomic E-state index is 9.46. The molecule has 1 saturated heterocycles. The van der Waals surface area contributed by atoms with E-state index in [-0.39, 0.29) is 12.1 Å². The topological polar surface area (TPSA) is 71.2 Å². The highest BCUT2D eigenvalue weighted by Gasteiger charge is 2.28. The van der Waals surface area contributed by atoms with Gasteiger partial charge in [-0.1, -0.05) is 21.1 Å². The Morgan fingerprint density at radius 3 is 2.78 bits per heavy atom. The van der Waals surface area contributed by atoms with Gasteiger partial charge in [0.15, 0.2) is 0 Å². The molecule has 1 aromatic heterocycles. The summed E-state index contributed by atoms with van der Waals surface area (Å²) in [5, 5.41) is 16.6. The molecule has 18 heavy (non-hydrogen) atoms. The van der Waals surface area contributed by atoms with E-state index >= 15 is 0 Å². The van der Waals surface area contributed by atoms with Crippen LogP contribution in [0.4, 0.5) is 0 Å². The number of rotatable bonds is 2. The zero-order valence-corrected chi connectivity index (χ0v) is 11.1. The number of nitrogens with zero attached hydrogens (tertiary/aromatic N) is 2. The molecule has 2 aromatic rings. The Morgan fingerprint density at radius 2 is 2.11 bits per heavy atom. The zero-order chi connectivity index (χ0) is 12.5. The van der Waals surface area contributed by atoms with Crippen molar-refractivity contribution in [3.05, 3.63) is 34.6 Å². The smallest absolute Gasteiger partial charge is 0.244 e. The minimum atomic E-state index is -0.335. The van der Waals surface area contributed by atoms with Gasteiger partial charge in [0.1, 0.15) is 0 Å². The van der Waals surface area contributed by atoms with Crippen molar-refractivity contribution in [2.75, 3.05) is 6.54 Å². The Morgan fingerprint density at radius 1 is 1.33 bits per heavy atom. The third-order valence-corrected chi connectivity index (χ3v) is 3.48. The molecule has 2 N–H and O–H groups in total. The first-order chi connectivity index (χ1) is 8.72. The van der Waals surface area contributed by atoms with Crippen LogP contribution >= 0.6 is 15.9 Å². The molecular weight excluding hydrogens is 298 g/mol. The van der Waals surface area contributed by atoms with Gasteiger partial charge < -0.3 is 14.9 Å². The van der Waals surface area contributed by atoms with Gasteiger partial charge in [-0.15, -0.1) is 0 Å². The van der Waals surface area contributed by atoms with Crippen LogP contribution in [0.1, 0.15) is 18.4 Å². The van der Waals surface area contributed by atoms with Gasteiger partial charge in [-0.25, -0.2) is 0 Å². The van der Waals surface area contributed by atoms with E-state index in [2.05, 4.69) is 31.4 Å². The fraction of sp³-hybridized carbons (Fsp3) is 0.333. The molecule has 0 radical (unpaired) electrons. The minimum absolute atomic E-state index is 0.0447. The lowest BCUT2D eigenvalue weighted by Crippen LogP contribution is -2.15. The molecule has 5 nitrogen and oxygen atoms in total. The number of β-amino-alcohol motifs (C(OH)–C–C–N with tert-alkyl or cyclic N) is 1. The van der Waals surface area contributed by atoms with Crippen molar-refractivity contribution in [3.63, 3.8) is 0 Å². The van der Waals surface area contributed by atoms with Crippen LogP contribution in [0.15, 0.2) is 33.3 Å². The summed E-state index contributed by atoms with van der Waals surface area (Å²) in [6.07, 6.45) is 0.278. The second kappa shape index (κ2) is 4.79. The Labute approximate surface area is 112 Å². The molecule has 0 saturated carbocycles. The average molecular weight is 310 g/mol. The first-order valence-corrected chi connectivity index (χ1v) is 6.52. The fourth-order valence-corrected chi connectivity index (χ4v) is 2.26. The van der Waals surface area contributed by atoms with Crippen molar-refractivity contribution >= 4 is 15.9 Å². The maximum Gasteiger partial charge on any atom is 0.244 e. The molecule has 2 atom stereocenters. The summed E-state index contributed by atoms with van der Waals surface area (Å²) in [5.41, 5.74) is 0.909. The number of aliphatic hydroxyl groups excluding tert-OH is 1. The summed E-state index contributed by atoms with van der Waals surface area (Å²) < 4.78 is 6.24. The first-order valence-electron chi connectivity index (χ1n) is 5.73. The molecule has 6 heteroatoms. The van der Waals surface area contributed by atoms with E-state index in [1.54, 1.807) is 0 Å². The molecule has 0 aliphatic carbocycles. The van der Waals surface area contributed by atoms with E-state index in [1.807, 2.05) is 24.3 Å². The number of hydrogen-bond acceptors (Lipinski definition) is 5. The van der Waals surface area contributed by atoms with Crippen LogP contribution in [0.25, 0.3) is 11.4 Å². The third-order valence-electron chi connectivity index (χ3n) is 2.95. The van der Waals surface area contributed by atoms with Gasteiger partial charge in [0, 0.05) is 16.6 Å². The number of benzene rings is 1. The van der Waals surface area contributed by atoms with E-state index in [0.717, 1.165) is 10.0 Å². The van der Waals surface area contributed by atoms with Crippen molar-refractivity contribution in [1.82, 2.24) is 15.5 Å². The molecule has 0 spiro atoms. The first kappa shape index (κ1) is 11.8. The summed E-state index contributed by atoms with van der Waals surface area (Å²) in [4.78, 5) is 4.36. The Balaban J connectivity index is 1.83. The number of aromatic nitrogens is 2. The van der Waals surface area contributed by atoms with E-state index < -0.39 is 0 Å². The van der Waals surface area contributed by atoms with E-state index in [1.165, 1.54) is 0 Å². The van der Waals surface area contributed by atoms with Gasteiger partial charge in [0.2, 0.25) is 11.7 Å². The van der Waals surface area contributed by atoms with Gasteiger partial charge in [0.05, 0.1) is 12.1 Å². The van der Waals surface area contributed by atoms with Gasteiger partial charge in [-0.05, 0) is 30.7 Å². The van der Waals surface area contributed by atoms with Crippen molar-refractivity contribution in [1.29, 1.82) is 0 Å². The SMILES string of the molecule is O[C@H]1CN[C@H](c2nc(-c3ccc(Br)cc3)no2)C1. The number of nitrogens with one attached hydrogen (secondary N) is 1. The Kier molecular flexibility index (Phi) is 3.15. The Hall–Kier alpha value is -1.24. The van der Waals surface area contributed by atoms with Crippen LogP contribution in [0.5, 0.6) is 0 Å². The number of aliphatic hydroxyl groups is 1. The molecule has 1 fully saturated rings. The summed E-state index contributed by atoms with van der Waals surface area (Å²) >= 11 is 3.38. The lowest BCUT2D eigenvalue weighted by Gasteiger charge is -2.01.